The summed E-state index contributed by atoms with van der Waals surface area (Å²) < 4.78 is 10.4. The smallest absolute Gasteiger partial charge is 0.156 e. The van der Waals surface area contributed by atoms with E-state index in [1.165, 1.54) is 5.57 Å². The Morgan fingerprint density at radius 1 is 1.36 bits per heavy atom. The molecule has 0 aromatic carbocycles. The van der Waals surface area contributed by atoms with Crippen LogP contribution in [0.5, 0.6) is 0 Å². The molecule has 0 fully saturated rings. The van der Waals surface area contributed by atoms with E-state index in [0.717, 1.165) is 24.4 Å². The largest absolute Gasteiger partial charge is 0.497 e. The van der Waals surface area contributed by atoms with Gasteiger partial charge >= 0.3 is 0 Å². The molecule has 0 aliphatic heterocycles. The van der Waals surface area contributed by atoms with Crippen molar-refractivity contribution in [2.45, 2.75) is 12.8 Å². The van der Waals surface area contributed by atoms with Crippen LogP contribution in [0.1, 0.15) is 12.8 Å². The maximum atomic E-state index is 5.23. The van der Waals surface area contributed by atoms with Crippen molar-refractivity contribution >= 4 is 0 Å². The summed E-state index contributed by atoms with van der Waals surface area (Å²) in [5.74, 6) is 1.66. The molecule has 2 nitrogen and oxygen atoms in total. The van der Waals surface area contributed by atoms with Crippen molar-refractivity contribution in [2.24, 2.45) is 0 Å². The molecule has 0 aromatic heterocycles. The Morgan fingerprint density at radius 3 is 2.71 bits per heavy atom. The third kappa shape index (κ3) is 2.52. The first kappa shape index (κ1) is 10.6. The van der Waals surface area contributed by atoms with Gasteiger partial charge in [0.05, 0.1) is 14.2 Å². The van der Waals surface area contributed by atoms with E-state index in [0.29, 0.717) is 0 Å². The summed E-state index contributed by atoms with van der Waals surface area (Å²) in [6.45, 7) is 3.71. The molecule has 14 heavy (non-hydrogen) atoms. The number of hydrogen-bond donors (Lipinski definition) is 0. The van der Waals surface area contributed by atoms with Crippen LogP contribution in [0.15, 0.2) is 48.0 Å². The number of ether oxygens (including phenoxy) is 2. The van der Waals surface area contributed by atoms with Gasteiger partial charge < -0.3 is 9.47 Å². The molecule has 2 heteroatoms. The highest BCUT2D eigenvalue weighted by Gasteiger charge is 2.07. The first-order valence-corrected chi connectivity index (χ1v) is 4.61. The highest BCUT2D eigenvalue weighted by atomic mass is 16.5. The summed E-state index contributed by atoms with van der Waals surface area (Å²) in [5, 5.41) is 0. The van der Waals surface area contributed by atoms with Gasteiger partial charge in [-0.2, -0.15) is 0 Å². The summed E-state index contributed by atoms with van der Waals surface area (Å²) >= 11 is 0. The third-order valence-electron chi connectivity index (χ3n) is 2.12. The Labute approximate surface area is 85.2 Å². The number of rotatable bonds is 4. The molecule has 0 radical (unpaired) electrons. The minimum absolute atomic E-state index is 0.774. The van der Waals surface area contributed by atoms with E-state index in [-0.39, 0.29) is 0 Å². The van der Waals surface area contributed by atoms with E-state index in [4.69, 9.17) is 9.47 Å². The molecule has 0 aromatic rings. The summed E-state index contributed by atoms with van der Waals surface area (Å²) in [5.41, 5.74) is 1.24. The first-order valence-electron chi connectivity index (χ1n) is 4.61. The van der Waals surface area contributed by atoms with E-state index < -0.39 is 0 Å². The predicted molar refractivity (Wildman–Crippen MR) is 57.7 cm³/mol. The molecule has 1 aliphatic rings. The molecule has 0 spiro atoms. The van der Waals surface area contributed by atoms with E-state index in [1.54, 1.807) is 14.2 Å². The predicted octanol–water partition coefficient (Wildman–Crippen LogP) is 2.95. The van der Waals surface area contributed by atoms with Crippen LogP contribution < -0.4 is 0 Å². The van der Waals surface area contributed by atoms with Gasteiger partial charge in [-0.05, 0) is 18.1 Å². The fourth-order valence-electron chi connectivity index (χ4n) is 1.35. The second-order valence-electron chi connectivity index (χ2n) is 3.00. The van der Waals surface area contributed by atoms with Crippen LogP contribution in [0.3, 0.4) is 0 Å². The molecule has 0 saturated carbocycles. The van der Waals surface area contributed by atoms with Crippen molar-refractivity contribution in [3.63, 3.8) is 0 Å². The second-order valence-corrected chi connectivity index (χ2v) is 3.00. The first-order chi connectivity index (χ1) is 6.81. The van der Waals surface area contributed by atoms with Gasteiger partial charge in [0.1, 0.15) is 5.76 Å². The lowest BCUT2D eigenvalue weighted by atomic mass is 10.1. The van der Waals surface area contributed by atoms with Crippen LogP contribution in [0.4, 0.5) is 0 Å². The van der Waals surface area contributed by atoms with Crippen molar-refractivity contribution in [2.75, 3.05) is 14.2 Å². The van der Waals surface area contributed by atoms with Crippen molar-refractivity contribution < 1.29 is 9.47 Å². The van der Waals surface area contributed by atoms with Gasteiger partial charge in [0.15, 0.2) is 5.76 Å². The maximum Gasteiger partial charge on any atom is 0.156 e. The fraction of sp³-hybridized carbons (Fsp3) is 0.333. The molecular weight excluding hydrogens is 176 g/mol. The zero-order valence-electron chi connectivity index (χ0n) is 8.75. The Kier molecular flexibility index (Phi) is 4.05. The lowest BCUT2D eigenvalue weighted by Crippen LogP contribution is -1.92. The van der Waals surface area contributed by atoms with Crippen LogP contribution >= 0.6 is 0 Å². The average Bonchev–Trinajstić information content (AvgIpc) is 2.40. The van der Waals surface area contributed by atoms with Crippen molar-refractivity contribution in [1.82, 2.24) is 0 Å². The van der Waals surface area contributed by atoms with Gasteiger partial charge in [-0.3, -0.25) is 0 Å². The van der Waals surface area contributed by atoms with Gasteiger partial charge in [0.25, 0.3) is 0 Å². The van der Waals surface area contributed by atoms with E-state index in [9.17, 15) is 0 Å². The summed E-state index contributed by atoms with van der Waals surface area (Å²) in [6.07, 6.45) is 9.64. The Balaban J connectivity index is 2.83. The zero-order valence-corrected chi connectivity index (χ0v) is 8.75. The van der Waals surface area contributed by atoms with Crippen LogP contribution in [0, 0.1) is 0 Å². The molecule has 0 bridgehead atoms. The van der Waals surface area contributed by atoms with Gasteiger partial charge in [0.2, 0.25) is 0 Å². The minimum atomic E-state index is 0.774. The van der Waals surface area contributed by atoms with Crippen LogP contribution in [-0.4, -0.2) is 14.2 Å². The van der Waals surface area contributed by atoms with Crippen LogP contribution in [0.25, 0.3) is 0 Å². The molecular formula is C12H16O2. The molecule has 76 valence electrons. The molecule has 0 saturated heterocycles. The highest BCUT2D eigenvalue weighted by Crippen LogP contribution is 2.20. The maximum absolute atomic E-state index is 5.23. The fourth-order valence-corrected chi connectivity index (χ4v) is 1.35. The highest BCUT2D eigenvalue weighted by molar-refractivity contribution is 5.32. The third-order valence-corrected chi connectivity index (χ3v) is 2.12. The summed E-state index contributed by atoms with van der Waals surface area (Å²) in [7, 11) is 3.31. The standard InChI is InChI=1S/C12H16O2/c1-4-5-10-6-8-11(13-2)12(14-3)9-7-10/h4,6-8H,1,5,9H2,2-3H3. The van der Waals surface area contributed by atoms with Crippen molar-refractivity contribution in [3.05, 3.63) is 48.0 Å². The van der Waals surface area contributed by atoms with Gasteiger partial charge in [-0.25, -0.2) is 0 Å². The monoisotopic (exact) mass is 192 g/mol. The van der Waals surface area contributed by atoms with Crippen LogP contribution in [-0.2, 0) is 9.47 Å². The molecule has 0 heterocycles. The molecule has 0 atom stereocenters. The quantitative estimate of drug-likeness (QED) is 0.637. The Hall–Kier alpha value is -1.44. The zero-order chi connectivity index (χ0) is 10.4. The lowest BCUT2D eigenvalue weighted by molar-refractivity contribution is 0.227. The van der Waals surface area contributed by atoms with Crippen molar-refractivity contribution in [3.8, 4) is 0 Å². The van der Waals surface area contributed by atoms with E-state index in [1.807, 2.05) is 18.2 Å². The number of allylic oxidation sites excluding steroid dienone is 5. The molecule has 0 N–H and O–H groups in total. The normalized spacial score (nSPS) is 16.0. The van der Waals surface area contributed by atoms with E-state index >= 15 is 0 Å². The minimum Gasteiger partial charge on any atom is -0.497 e. The average molecular weight is 192 g/mol. The van der Waals surface area contributed by atoms with Crippen LogP contribution in [0.2, 0.25) is 0 Å². The summed E-state index contributed by atoms with van der Waals surface area (Å²) in [4.78, 5) is 0. The number of hydrogen-bond acceptors (Lipinski definition) is 2. The van der Waals surface area contributed by atoms with Gasteiger partial charge in [0, 0.05) is 6.42 Å². The molecule has 1 rings (SSSR count). The van der Waals surface area contributed by atoms with Gasteiger partial charge in [-0.1, -0.05) is 18.2 Å². The SMILES string of the molecule is C=CCC1=CCC(OC)=C(OC)C=C1. The molecule has 0 unspecified atom stereocenters. The van der Waals surface area contributed by atoms with Crippen molar-refractivity contribution in [1.29, 1.82) is 0 Å². The topological polar surface area (TPSA) is 18.5 Å². The van der Waals surface area contributed by atoms with E-state index in [2.05, 4.69) is 12.7 Å². The lowest BCUT2D eigenvalue weighted by Gasteiger charge is -2.06. The summed E-state index contributed by atoms with van der Waals surface area (Å²) in [6, 6.07) is 0. The Morgan fingerprint density at radius 2 is 2.14 bits per heavy atom. The molecule has 1 aliphatic carbocycles. The second kappa shape index (κ2) is 5.32. The molecule has 0 amide bonds. The Bertz CT molecular complexity index is 295. The number of methoxy groups -OCH3 is 2. The van der Waals surface area contributed by atoms with Gasteiger partial charge in [-0.15, -0.1) is 6.58 Å².